The maximum atomic E-state index is 11.5. The van der Waals surface area contributed by atoms with Gasteiger partial charge in [0.05, 0.1) is 30.9 Å². The summed E-state index contributed by atoms with van der Waals surface area (Å²) in [5.41, 5.74) is 6.00. The average Bonchev–Trinajstić information content (AvgIpc) is 2.87. The van der Waals surface area contributed by atoms with E-state index in [1.807, 2.05) is 57.2 Å². The number of aryl methyl sites for hydroxylation is 1. The minimum atomic E-state index is -0.918. The molecule has 0 unspecified atom stereocenters. The van der Waals surface area contributed by atoms with Crippen LogP contribution in [-0.4, -0.2) is 36.9 Å². The number of carboxylic acid groups (broad SMARTS) is 1. The Morgan fingerprint density at radius 3 is 2.00 bits per heavy atom. The van der Waals surface area contributed by atoms with Gasteiger partial charge >= 0.3 is 11.9 Å². The van der Waals surface area contributed by atoms with Gasteiger partial charge in [-0.25, -0.2) is 9.59 Å². The van der Waals surface area contributed by atoms with Crippen molar-refractivity contribution in [3.8, 4) is 11.1 Å². The van der Waals surface area contributed by atoms with Crippen LogP contribution in [0.1, 0.15) is 58.2 Å². The maximum absolute atomic E-state index is 11.5. The van der Waals surface area contributed by atoms with Gasteiger partial charge < -0.3 is 19.3 Å². The Morgan fingerprint density at radius 1 is 0.778 bits per heavy atom. The number of aromatic carboxylic acids is 1. The Balaban J connectivity index is 0.000000261. The van der Waals surface area contributed by atoms with Crippen LogP contribution in [0.2, 0.25) is 0 Å². The van der Waals surface area contributed by atoms with E-state index < -0.39 is 5.97 Å². The van der Waals surface area contributed by atoms with Crippen molar-refractivity contribution in [2.24, 2.45) is 0 Å². The molecule has 0 aliphatic carbocycles. The molecule has 0 fully saturated rings. The Bertz CT molecular complexity index is 1160. The molecule has 1 N–H and O–H groups in total. The number of benzene rings is 3. The molecule has 3 rings (SSSR count). The van der Waals surface area contributed by atoms with Gasteiger partial charge in [0.1, 0.15) is 0 Å². The van der Waals surface area contributed by atoms with E-state index in [4.69, 9.17) is 19.3 Å². The van der Waals surface area contributed by atoms with E-state index >= 15 is 0 Å². The lowest BCUT2D eigenvalue weighted by Gasteiger charge is -2.13. The zero-order valence-corrected chi connectivity index (χ0v) is 22.8. The van der Waals surface area contributed by atoms with Crippen LogP contribution in [0.4, 0.5) is 0 Å². The van der Waals surface area contributed by atoms with Crippen LogP contribution in [0, 0.1) is 6.92 Å². The third-order valence-corrected chi connectivity index (χ3v) is 6.04. The van der Waals surface area contributed by atoms with E-state index in [-0.39, 0.29) is 11.5 Å². The highest BCUT2D eigenvalue weighted by Crippen LogP contribution is 2.28. The van der Waals surface area contributed by atoms with Crippen LogP contribution in [0.15, 0.2) is 65.1 Å². The van der Waals surface area contributed by atoms with E-state index in [1.54, 1.807) is 31.2 Å². The topological polar surface area (TPSA) is 82.1 Å². The molecular formula is C29H33BrO6. The summed E-state index contributed by atoms with van der Waals surface area (Å²) in [6.45, 7) is 10.2. The normalized spacial score (nSPS) is 10.4. The fourth-order valence-electron chi connectivity index (χ4n) is 3.43. The summed E-state index contributed by atoms with van der Waals surface area (Å²) in [4.78, 5) is 22.6. The molecule has 0 amide bonds. The van der Waals surface area contributed by atoms with Crippen molar-refractivity contribution in [3.05, 3.63) is 93.0 Å². The summed E-state index contributed by atoms with van der Waals surface area (Å²) in [6.07, 6.45) is 0. The fraction of sp³-hybridized carbons (Fsp3) is 0.310. The van der Waals surface area contributed by atoms with Crippen molar-refractivity contribution < 1.29 is 28.9 Å². The second-order valence-corrected chi connectivity index (χ2v) is 8.65. The minimum absolute atomic E-state index is 0.289. The van der Waals surface area contributed by atoms with E-state index in [1.165, 1.54) is 0 Å². The van der Waals surface area contributed by atoms with E-state index in [9.17, 15) is 9.59 Å². The standard InChI is InChI=1S/C17H18O3.C12H15BrO3/c1-3-20-11-14-10-13(17(18)19)8-9-16(14)15-7-5-4-6-12(15)2;1-3-15-8-10-7-9(5-6-11(10)13)12(14)16-4-2/h4-10H,3,11H2,1-2H3,(H,18,19);5-7H,3-4,8H2,1-2H3. The van der Waals surface area contributed by atoms with Gasteiger partial charge in [-0.1, -0.05) is 46.3 Å². The predicted molar refractivity (Wildman–Crippen MR) is 144 cm³/mol. The molecule has 0 aromatic heterocycles. The second-order valence-electron chi connectivity index (χ2n) is 7.79. The first-order valence-corrected chi connectivity index (χ1v) is 12.6. The van der Waals surface area contributed by atoms with Crippen molar-refractivity contribution in [3.63, 3.8) is 0 Å². The summed E-state index contributed by atoms with van der Waals surface area (Å²) >= 11 is 3.42. The van der Waals surface area contributed by atoms with Crippen LogP contribution in [0.5, 0.6) is 0 Å². The Labute approximate surface area is 221 Å². The zero-order valence-electron chi connectivity index (χ0n) is 21.2. The Hall–Kier alpha value is -3.00. The van der Waals surface area contributed by atoms with Crippen LogP contribution in [0.25, 0.3) is 11.1 Å². The Kier molecular flexibility index (Phi) is 12.3. The van der Waals surface area contributed by atoms with E-state index in [2.05, 4.69) is 15.9 Å². The fourth-order valence-corrected chi connectivity index (χ4v) is 3.80. The van der Waals surface area contributed by atoms with Crippen molar-refractivity contribution >= 4 is 27.9 Å². The minimum Gasteiger partial charge on any atom is -0.478 e. The summed E-state index contributed by atoms with van der Waals surface area (Å²) < 4.78 is 16.6. The number of carbonyl (C=O) groups excluding carboxylic acids is 1. The lowest BCUT2D eigenvalue weighted by atomic mass is 9.95. The lowest BCUT2D eigenvalue weighted by Crippen LogP contribution is -2.05. The SMILES string of the molecule is CCOCc1cc(C(=O)O)ccc1-c1ccccc1C.CCOCc1cc(C(=O)OCC)ccc1Br. The molecule has 0 atom stereocenters. The molecule has 0 aliphatic rings. The molecule has 0 radical (unpaired) electrons. The number of halogens is 1. The molecule has 0 saturated carbocycles. The van der Waals surface area contributed by atoms with E-state index in [0.29, 0.717) is 38.6 Å². The summed E-state index contributed by atoms with van der Waals surface area (Å²) in [5.74, 6) is -1.22. The number of ether oxygens (including phenoxy) is 3. The highest BCUT2D eigenvalue weighted by Gasteiger charge is 2.12. The third-order valence-electron chi connectivity index (χ3n) is 5.27. The van der Waals surface area contributed by atoms with Crippen LogP contribution in [0.3, 0.4) is 0 Å². The van der Waals surface area contributed by atoms with Crippen molar-refractivity contribution in [2.45, 2.75) is 40.9 Å². The molecule has 6 nitrogen and oxygen atoms in total. The molecule has 3 aromatic carbocycles. The molecule has 0 bridgehead atoms. The van der Waals surface area contributed by atoms with Crippen LogP contribution < -0.4 is 0 Å². The van der Waals surface area contributed by atoms with Gasteiger partial charge in [-0.05, 0) is 85.8 Å². The van der Waals surface area contributed by atoms with Gasteiger partial charge in [0, 0.05) is 17.7 Å². The number of hydrogen-bond acceptors (Lipinski definition) is 5. The van der Waals surface area contributed by atoms with Crippen LogP contribution >= 0.6 is 15.9 Å². The maximum Gasteiger partial charge on any atom is 0.338 e. The molecule has 36 heavy (non-hydrogen) atoms. The van der Waals surface area contributed by atoms with Crippen molar-refractivity contribution in [1.29, 1.82) is 0 Å². The van der Waals surface area contributed by atoms with Gasteiger partial charge in [0.2, 0.25) is 0 Å². The summed E-state index contributed by atoms with van der Waals surface area (Å²) in [6, 6.07) is 18.6. The largest absolute Gasteiger partial charge is 0.478 e. The molecule has 0 spiro atoms. The van der Waals surface area contributed by atoms with Gasteiger partial charge in [-0.3, -0.25) is 0 Å². The quantitative estimate of drug-likeness (QED) is 0.269. The molecule has 7 heteroatoms. The molecule has 192 valence electrons. The summed E-state index contributed by atoms with van der Waals surface area (Å²) in [5, 5.41) is 9.11. The molecule has 0 aliphatic heterocycles. The first-order valence-electron chi connectivity index (χ1n) is 11.9. The lowest BCUT2D eigenvalue weighted by molar-refractivity contribution is 0.0525. The monoisotopic (exact) mass is 556 g/mol. The predicted octanol–water partition coefficient (Wildman–Crippen LogP) is 7.06. The molecule has 3 aromatic rings. The van der Waals surface area contributed by atoms with Gasteiger partial charge in [-0.15, -0.1) is 0 Å². The summed E-state index contributed by atoms with van der Waals surface area (Å²) in [7, 11) is 0. The molecule has 0 heterocycles. The first kappa shape index (κ1) is 29.2. The number of hydrogen-bond donors (Lipinski definition) is 1. The third kappa shape index (κ3) is 8.59. The van der Waals surface area contributed by atoms with E-state index in [0.717, 1.165) is 32.3 Å². The van der Waals surface area contributed by atoms with Gasteiger partial charge in [0.25, 0.3) is 0 Å². The highest BCUT2D eigenvalue weighted by molar-refractivity contribution is 9.10. The second kappa shape index (κ2) is 15.2. The van der Waals surface area contributed by atoms with Gasteiger partial charge in [-0.2, -0.15) is 0 Å². The number of esters is 1. The number of carboxylic acids is 1. The molecule has 0 saturated heterocycles. The smallest absolute Gasteiger partial charge is 0.338 e. The zero-order chi connectivity index (χ0) is 26.5. The van der Waals surface area contributed by atoms with Crippen LogP contribution in [-0.2, 0) is 27.4 Å². The molecular weight excluding hydrogens is 524 g/mol. The average molecular weight is 557 g/mol. The first-order chi connectivity index (χ1) is 17.3. The number of carbonyl (C=O) groups is 2. The Morgan fingerprint density at radius 2 is 1.39 bits per heavy atom. The van der Waals surface area contributed by atoms with Crippen molar-refractivity contribution in [1.82, 2.24) is 0 Å². The van der Waals surface area contributed by atoms with Gasteiger partial charge in [0.15, 0.2) is 0 Å². The number of rotatable bonds is 10. The highest BCUT2D eigenvalue weighted by atomic mass is 79.9. The van der Waals surface area contributed by atoms with Crippen molar-refractivity contribution in [2.75, 3.05) is 19.8 Å².